The van der Waals surface area contributed by atoms with Crippen LogP contribution < -0.4 is 4.74 Å². The Hall–Kier alpha value is -1.31. The maximum absolute atomic E-state index is 11.0. The summed E-state index contributed by atoms with van der Waals surface area (Å²) in [5, 5.41) is 9.97. The SMILES string of the molecule is O=C(O)N1CCc2sc(OCCCN3CCOCC3)cc2C1. The average molecular weight is 326 g/mol. The van der Waals surface area contributed by atoms with Crippen molar-refractivity contribution in [2.24, 2.45) is 0 Å². The minimum atomic E-state index is -0.843. The van der Waals surface area contributed by atoms with Crippen molar-refractivity contribution in [2.75, 3.05) is 46.0 Å². The second kappa shape index (κ2) is 7.30. The molecule has 1 N–H and O–H groups in total. The van der Waals surface area contributed by atoms with Gasteiger partial charge in [-0.25, -0.2) is 4.79 Å². The Bertz CT molecular complexity index is 514. The van der Waals surface area contributed by atoms with Crippen LogP contribution in [0.1, 0.15) is 16.9 Å². The lowest BCUT2D eigenvalue weighted by Crippen LogP contribution is -2.37. The van der Waals surface area contributed by atoms with Gasteiger partial charge in [0.15, 0.2) is 5.06 Å². The molecule has 6 nitrogen and oxygen atoms in total. The van der Waals surface area contributed by atoms with Crippen molar-refractivity contribution in [1.82, 2.24) is 9.80 Å². The molecule has 3 heterocycles. The zero-order valence-electron chi connectivity index (χ0n) is 12.6. The summed E-state index contributed by atoms with van der Waals surface area (Å²) in [5.41, 5.74) is 1.10. The van der Waals surface area contributed by atoms with Crippen LogP contribution in [0.2, 0.25) is 0 Å². The number of carbonyl (C=O) groups is 1. The van der Waals surface area contributed by atoms with E-state index >= 15 is 0 Å². The normalized spacial score (nSPS) is 19.0. The molecule has 1 amide bonds. The Kier molecular flexibility index (Phi) is 5.17. The van der Waals surface area contributed by atoms with Gasteiger partial charge in [0.1, 0.15) is 0 Å². The highest BCUT2D eigenvalue weighted by Crippen LogP contribution is 2.33. The highest BCUT2D eigenvalue weighted by molar-refractivity contribution is 7.14. The van der Waals surface area contributed by atoms with E-state index in [4.69, 9.17) is 14.6 Å². The van der Waals surface area contributed by atoms with Gasteiger partial charge in [-0.1, -0.05) is 0 Å². The molecule has 22 heavy (non-hydrogen) atoms. The van der Waals surface area contributed by atoms with Gasteiger partial charge in [0.2, 0.25) is 0 Å². The Balaban J connectivity index is 1.43. The number of hydrogen-bond donors (Lipinski definition) is 1. The van der Waals surface area contributed by atoms with Crippen molar-refractivity contribution >= 4 is 17.4 Å². The molecule has 2 aliphatic heterocycles. The van der Waals surface area contributed by atoms with Gasteiger partial charge >= 0.3 is 6.09 Å². The van der Waals surface area contributed by atoms with Crippen LogP contribution in [0.5, 0.6) is 5.06 Å². The Morgan fingerprint density at radius 1 is 1.36 bits per heavy atom. The lowest BCUT2D eigenvalue weighted by atomic mass is 10.1. The van der Waals surface area contributed by atoms with Crippen molar-refractivity contribution < 1.29 is 19.4 Å². The van der Waals surface area contributed by atoms with E-state index < -0.39 is 6.09 Å². The van der Waals surface area contributed by atoms with Crippen LogP contribution in [0.3, 0.4) is 0 Å². The fraction of sp³-hybridized carbons (Fsp3) is 0.667. The number of thiophene rings is 1. The quantitative estimate of drug-likeness (QED) is 0.837. The highest BCUT2D eigenvalue weighted by Gasteiger charge is 2.22. The molecule has 0 atom stereocenters. The van der Waals surface area contributed by atoms with Crippen molar-refractivity contribution in [2.45, 2.75) is 19.4 Å². The molecule has 0 spiro atoms. The van der Waals surface area contributed by atoms with Gasteiger partial charge in [-0.3, -0.25) is 4.90 Å². The predicted molar refractivity (Wildman–Crippen MR) is 83.8 cm³/mol. The number of ether oxygens (including phenoxy) is 2. The third-order valence-electron chi connectivity index (χ3n) is 4.08. The molecule has 122 valence electrons. The number of nitrogens with zero attached hydrogens (tertiary/aromatic N) is 2. The summed E-state index contributed by atoms with van der Waals surface area (Å²) >= 11 is 1.66. The molecular formula is C15H22N2O4S. The molecule has 0 radical (unpaired) electrons. The first-order valence-electron chi connectivity index (χ1n) is 7.75. The molecule has 1 fully saturated rings. The van der Waals surface area contributed by atoms with Crippen LogP contribution in [0, 0.1) is 0 Å². The molecule has 1 aromatic rings. The van der Waals surface area contributed by atoms with E-state index in [0.29, 0.717) is 19.7 Å². The van der Waals surface area contributed by atoms with Gasteiger partial charge in [0.25, 0.3) is 0 Å². The Morgan fingerprint density at radius 2 is 2.18 bits per heavy atom. The number of hydrogen-bond acceptors (Lipinski definition) is 5. The van der Waals surface area contributed by atoms with E-state index in [1.54, 1.807) is 11.3 Å². The van der Waals surface area contributed by atoms with Gasteiger partial charge in [-0.2, -0.15) is 0 Å². The summed E-state index contributed by atoms with van der Waals surface area (Å²) < 4.78 is 11.2. The molecule has 0 saturated carbocycles. The van der Waals surface area contributed by atoms with Gasteiger partial charge in [0, 0.05) is 37.5 Å². The van der Waals surface area contributed by atoms with Gasteiger partial charge in [0.05, 0.1) is 26.4 Å². The minimum absolute atomic E-state index is 0.484. The van der Waals surface area contributed by atoms with E-state index in [9.17, 15) is 4.79 Å². The van der Waals surface area contributed by atoms with E-state index in [1.165, 1.54) is 9.78 Å². The van der Waals surface area contributed by atoms with Crippen molar-refractivity contribution in [3.05, 3.63) is 16.5 Å². The third-order valence-corrected chi connectivity index (χ3v) is 5.23. The van der Waals surface area contributed by atoms with Crippen molar-refractivity contribution in [1.29, 1.82) is 0 Å². The van der Waals surface area contributed by atoms with Crippen LogP contribution in [0.15, 0.2) is 6.07 Å². The third kappa shape index (κ3) is 3.91. The van der Waals surface area contributed by atoms with E-state index in [2.05, 4.69) is 4.90 Å². The van der Waals surface area contributed by atoms with E-state index in [0.717, 1.165) is 56.3 Å². The summed E-state index contributed by atoms with van der Waals surface area (Å²) in [5.74, 6) is 0. The fourth-order valence-electron chi connectivity index (χ4n) is 2.83. The fourth-order valence-corrected chi connectivity index (χ4v) is 3.86. The zero-order chi connectivity index (χ0) is 15.4. The lowest BCUT2D eigenvalue weighted by Gasteiger charge is -2.26. The molecule has 1 aromatic heterocycles. The number of carboxylic acid groups (broad SMARTS) is 1. The lowest BCUT2D eigenvalue weighted by molar-refractivity contribution is 0.0358. The highest BCUT2D eigenvalue weighted by atomic mass is 32.1. The van der Waals surface area contributed by atoms with Crippen molar-refractivity contribution in [3.8, 4) is 5.06 Å². The topological polar surface area (TPSA) is 62.2 Å². The zero-order valence-corrected chi connectivity index (χ0v) is 13.4. The molecule has 0 unspecified atom stereocenters. The number of amides is 1. The minimum Gasteiger partial charge on any atom is -0.484 e. The number of fused-ring (bicyclic) bond motifs is 1. The summed E-state index contributed by atoms with van der Waals surface area (Å²) in [6, 6.07) is 2.00. The molecule has 0 bridgehead atoms. The summed E-state index contributed by atoms with van der Waals surface area (Å²) in [6.45, 7) is 6.51. The molecule has 1 saturated heterocycles. The van der Waals surface area contributed by atoms with E-state index in [-0.39, 0.29) is 0 Å². The van der Waals surface area contributed by atoms with Crippen LogP contribution in [0.25, 0.3) is 0 Å². The molecular weight excluding hydrogens is 304 g/mol. The van der Waals surface area contributed by atoms with Crippen LogP contribution in [-0.2, 0) is 17.7 Å². The first-order chi connectivity index (χ1) is 10.7. The standard InChI is InChI=1S/C15H22N2O4S/c18-15(19)17-4-2-13-12(11-17)10-14(22-13)21-7-1-3-16-5-8-20-9-6-16/h10H,1-9,11H2,(H,18,19). The van der Waals surface area contributed by atoms with Crippen LogP contribution in [0.4, 0.5) is 4.79 Å². The first kappa shape index (κ1) is 15.6. The molecule has 7 heteroatoms. The summed E-state index contributed by atoms with van der Waals surface area (Å²) in [7, 11) is 0. The largest absolute Gasteiger partial charge is 0.484 e. The van der Waals surface area contributed by atoms with Crippen molar-refractivity contribution in [3.63, 3.8) is 0 Å². The first-order valence-corrected chi connectivity index (χ1v) is 8.56. The monoisotopic (exact) mass is 326 g/mol. The number of rotatable bonds is 5. The van der Waals surface area contributed by atoms with Crippen LogP contribution in [-0.4, -0.2) is 67.0 Å². The maximum atomic E-state index is 11.0. The van der Waals surface area contributed by atoms with Gasteiger partial charge in [-0.05, 0) is 18.1 Å². The maximum Gasteiger partial charge on any atom is 0.407 e. The second-order valence-electron chi connectivity index (χ2n) is 5.62. The molecule has 0 aromatic carbocycles. The summed E-state index contributed by atoms with van der Waals surface area (Å²) in [4.78, 5) is 16.1. The molecule has 0 aliphatic carbocycles. The second-order valence-corrected chi connectivity index (χ2v) is 6.72. The van der Waals surface area contributed by atoms with Gasteiger partial charge < -0.3 is 19.5 Å². The molecule has 3 rings (SSSR count). The molecule has 2 aliphatic rings. The predicted octanol–water partition coefficient (Wildman–Crippen LogP) is 1.89. The van der Waals surface area contributed by atoms with Crippen LogP contribution >= 0.6 is 11.3 Å². The average Bonchev–Trinajstić information content (AvgIpc) is 2.94. The number of morpholine rings is 1. The van der Waals surface area contributed by atoms with Gasteiger partial charge in [-0.15, -0.1) is 11.3 Å². The Labute approximate surface area is 134 Å². The summed E-state index contributed by atoms with van der Waals surface area (Å²) in [6.07, 6.45) is 0.956. The Morgan fingerprint density at radius 3 is 2.95 bits per heavy atom. The smallest absolute Gasteiger partial charge is 0.407 e. The van der Waals surface area contributed by atoms with E-state index in [1.807, 2.05) is 6.07 Å².